The van der Waals surface area contributed by atoms with Crippen molar-refractivity contribution >= 4 is 57.6 Å². The average Bonchev–Trinajstić information content (AvgIpc) is 2.69. The second-order valence-electron chi connectivity index (χ2n) is 6.05. The molecule has 1 N–H and O–H groups in total. The van der Waals surface area contributed by atoms with Crippen LogP contribution in [-0.2, 0) is 16.1 Å². The van der Waals surface area contributed by atoms with E-state index < -0.39 is 6.04 Å². The van der Waals surface area contributed by atoms with Crippen molar-refractivity contribution in [2.75, 3.05) is 13.7 Å². The molecule has 2 aromatic carbocycles. The van der Waals surface area contributed by atoms with Gasteiger partial charge in [-0.15, -0.1) is 0 Å². The standard InChI is InChI=1S/C20H21Cl2IN2O3/c1-3-18(20(27)24-2)25(11-13-4-9-16(21)17(22)10-13)19(26)12-28-15-7-5-14(23)6-8-15/h4-10,18H,3,11-12H2,1-2H3,(H,24,27)/t18-/m0/s1. The van der Waals surface area contributed by atoms with Gasteiger partial charge in [0.25, 0.3) is 5.91 Å². The predicted molar refractivity (Wildman–Crippen MR) is 120 cm³/mol. The van der Waals surface area contributed by atoms with Gasteiger partial charge in [-0.25, -0.2) is 0 Å². The van der Waals surface area contributed by atoms with Crippen LogP contribution in [0.1, 0.15) is 18.9 Å². The van der Waals surface area contributed by atoms with E-state index in [1.54, 1.807) is 37.4 Å². The summed E-state index contributed by atoms with van der Waals surface area (Å²) in [6, 6.07) is 11.9. The molecule has 0 aliphatic rings. The number of likely N-dealkylation sites (N-methyl/N-ethyl adjacent to an activating group) is 1. The number of nitrogens with zero attached hydrogens (tertiary/aromatic N) is 1. The van der Waals surface area contributed by atoms with Crippen molar-refractivity contribution in [1.29, 1.82) is 0 Å². The Labute approximate surface area is 188 Å². The Morgan fingerprint density at radius 1 is 1.14 bits per heavy atom. The van der Waals surface area contributed by atoms with Gasteiger partial charge in [0, 0.05) is 17.2 Å². The van der Waals surface area contributed by atoms with E-state index in [-0.39, 0.29) is 25.0 Å². The van der Waals surface area contributed by atoms with Gasteiger partial charge in [-0.2, -0.15) is 0 Å². The zero-order valence-electron chi connectivity index (χ0n) is 15.5. The molecule has 0 bridgehead atoms. The van der Waals surface area contributed by atoms with E-state index in [4.69, 9.17) is 27.9 Å². The molecule has 0 spiro atoms. The number of hydrogen-bond donors (Lipinski definition) is 1. The molecule has 5 nitrogen and oxygen atoms in total. The van der Waals surface area contributed by atoms with Gasteiger partial charge in [0.05, 0.1) is 10.0 Å². The third kappa shape index (κ3) is 6.25. The van der Waals surface area contributed by atoms with Crippen molar-refractivity contribution < 1.29 is 14.3 Å². The number of nitrogens with one attached hydrogen (secondary N) is 1. The van der Waals surface area contributed by atoms with Crippen molar-refractivity contribution in [2.45, 2.75) is 25.9 Å². The average molecular weight is 535 g/mol. The van der Waals surface area contributed by atoms with Crippen molar-refractivity contribution in [3.8, 4) is 5.75 Å². The zero-order chi connectivity index (χ0) is 20.7. The van der Waals surface area contributed by atoms with E-state index in [1.807, 2.05) is 19.1 Å². The van der Waals surface area contributed by atoms with Crippen LogP contribution < -0.4 is 10.1 Å². The molecule has 8 heteroatoms. The topological polar surface area (TPSA) is 58.6 Å². The van der Waals surface area contributed by atoms with E-state index in [1.165, 1.54) is 4.90 Å². The van der Waals surface area contributed by atoms with Crippen LogP contribution in [0.5, 0.6) is 5.75 Å². The van der Waals surface area contributed by atoms with Crippen molar-refractivity contribution in [2.24, 2.45) is 0 Å². The van der Waals surface area contributed by atoms with E-state index in [0.29, 0.717) is 22.2 Å². The fraction of sp³-hybridized carbons (Fsp3) is 0.300. The minimum Gasteiger partial charge on any atom is -0.484 e. The number of hydrogen-bond acceptors (Lipinski definition) is 3. The van der Waals surface area contributed by atoms with Gasteiger partial charge in [-0.05, 0) is 71.0 Å². The molecule has 0 heterocycles. The van der Waals surface area contributed by atoms with Gasteiger partial charge in [0.2, 0.25) is 5.91 Å². The molecular formula is C20H21Cl2IN2O3. The molecule has 0 aromatic heterocycles. The van der Waals surface area contributed by atoms with Gasteiger partial charge in [-0.3, -0.25) is 9.59 Å². The second-order valence-corrected chi connectivity index (χ2v) is 8.11. The first-order valence-electron chi connectivity index (χ1n) is 8.69. The van der Waals surface area contributed by atoms with Crippen LogP contribution in [0, 0.1) is 3.57 Å². The third-order valence-electron chi connectivity index (χ3n) is 4.15. The van der Waals surface area contributed by atoms with Gasteiger partial charge in [0.15, 0.2) is 6.61 Å². The van der Waals surface area contributed by atoms with E-state index >= 15 is 0 Å². The summed E-state index contributed by atoms with van der Waals surface area (Å²) in [6.45, 7) is 1.90. The lowest BCUT2D eigenvalue weighted by molar-refractivity contribution is -0.142. The number of benzene rings is 2. The summed E-state index contributed by atoms with van der Waals surface area (Å²) in [5.41, 5.74) is 0.777. The van der Waals surface area contributed by atoms with Gasteiger partial charge >= 0.3 is 0 Å². The maximum Gasteiger partial charge on any atom is 0.261 e. The highest BCUT2D eigenvalue weighted by Gasteiger charge is 2.28. The molecule has 0 saturated carbocycles. The summed E-state index contributed by atoms with van der Waals surface area (Å²) in [5.74, 6) is 0.0708. The highest BCUT2D eigenvalue weighted by atomic mass is 127. The molecule has 0 fully saturated rings. The molecule has 2 rings (SSSR count). The minimum atomic E-state index is -0.618. The van der Waals surface area contributed by atoms with Crippen LogP contribution in [0.25, 0.3) is 0 Å². The predicted octanol–water partition coefficient (Wildman–Crippen LogP) is 4.53. The molecule has 28 heavy (non-hydrogen) atoms. The number of halogens is 3. The molecule has 0 saturated heterocycles. The maximum absolute atomic E-state index is 12.9. The highest BCUT2D eigenvalue weighted by Crippen LogP contribution is 2.24. The SMILES string of the molecule is CC[C@@H](C(=O)NC)N(Cc1ccc(Cl)c(Cl)c1)C(=O)COc1ccc(I)cc1. The fourth-order valence-corrected chi connectivity index (χ4v) is 3.36. The Kier molecular flexibility index (Phi) is 8.85. The molecule has 2 aromatic rings. The molecule has 0 radical (unpaired) electrons. The summed E-state index contributed by atoms with van der Waals surface area (Å²) in [7, 11) is 1.55. The Balaban J connectivity index is 2.20. The Hall–Kier alpha value is -1.51. The highest BCUT2D eigenvalue weighted by molar-refractivity contribution is 14.1. The van der Waals surface area contributed by atoms with Crippen molar-refractivity contribution in [3.05, 3.63) is 61.6 Å². The zero-order valence-corrected chi connectivity index (χ0v) is 19.2. The molecule has 2 amide bonds. The quantitative estimate of drug-likeness (QED) is 0.506. The lowest BCUT2D eigenvalue weighted by atomic mass is 10.1. The first-order chi connectivity index (χ1) is 13.3. The fourth-order valence-electron chi connectivity index (χ4n) is 2.68. The summed E-state index contributed by atoms with van der Waals surface area (Å²) < 4.78 is 6.69. The van der Waals surface area contributed by atoms with Crippen LogP contribution in [-0.4, -0.2) is 36.4 Å². The first kappa shape index (κ1) is 22.8. The van der Waals surface area contributed by atoms with Crippen LogP contribution in [0.15, 0.2) is 42.5 Å². The van der Waals surface area contributed by atoms with Crippen molar-refractivity contribution in [3.63, 3.8) is 0 Å². The number of carbonyl (C=O) groups excluding carboxylic acids is 2. The lowest BCUT2D eigenvalue weighted by Crippen LogP contribution is -2.49. The van der Waals surface area contributed by atoms with Gasteiger partial charge < -0.3 is 15.0 Å². The van der Waals surface area contributed by atoms with Crippen LogP contribution in [0.4, 0.5) is 0 Å². The van der Waals surface area contributed by atoms with Crippen molar-refractivity contribution in [1.82, 2.24) is 10.2 Å². The normalized spacial score (nSPS) is 11.6. The number of amides is 2. The van der Waals surface area contributed by atoms with E-state index in [2.05, 4.69) is 27.9 Å². The Bertz CT molecular complexity index is 831. The maximum atomic E-state index is 12.9. The lowest BCUT2D eigenvalue weighted by Gasteiger charge is -2.30. The number of rotatable bonds is 8. The first-order valence-corrected chi connectivity index (χ1v) is 10.5. The van der Waals surface area contributed by atoms with Crippen LogP contribution in [0.2, 0.25) is 10.0 Å². The Morgan fingerprint density at radius 2 is 1.82 bits per heavy atom. The smallest absolute Gasteiger partial charge is 0.261 e. The Morgan fingerprint density at radius 3 is 2.39 bits per heavy atom. The molecule has 150 valence electrons. The largest absolute Gasteiger partial charge is 0.484 e. The molecular weight excluding hydrogens is 514 g/mol. The number of ether oxygens (including phenoxy) is 1. The molecule has 1 atom stereocenters. The summed E-state index contributed by atoms with van der Waals surface area (Å²) in [6.07, 6.45) is 0.469. The van der Waals surface area contributed by atoms with Gasteiger partial charge in [0.1, 0.15) is 11.8 Å². The van der Waals surface area contributed by atoms with E-state index in [0.717, 1.165) is 9.13 Å². The second kappa shape index (κ2) is 10.9. The van der Waals surface area contributed by atoms with Crippen LogP contribution in [0.3, 0.4) is 0 Å². The summed E-state index contributed by atoms with van der Waals surface area (Å²) >= 11 is 14.3. The number of carbonyl (C=O) groups is 2. The minimum absolute atomic E-state index is 0.171. The van der Waals surface area contributed by atoms with Crippen LogP contribution >= 0.6 is 45.8 Å². The molecule has 0 aliphatic carbocycles. The van der Waals surface area contributed by atoms with E-state index in [9.17, 15) is 9.59 Å². The summed E-state index contributed by atoms with van der Waals surface area (Å²) in [5, 5.41) is 3.45. The molecule has 0 unspecified atom stereocenters. The third-order valence-corrected chi connectivity index (χ3v) is 5.60. The van der Waals surface area contributed by atoms with Gasteiger partial charge in [-0.1, -0.05) is 36.2 Å². The monoisotopic (exact) mass is 534 g/mol. The summed E-state index contributed by atoms with van der Waals surface area (Å²) in [4.78, 5) is 26.7. The molecule has 0 aliphatic heterocycles.